The van der Waals surface area contributed by atoms with Crippen LogP contribution in [0.25, 0.3) is 0 Å². The SMILES string of the molecule is CNC(c1cccc(F)c1F)C(C)(C)c1ccc(F)cc1. The van der Waals surface area contributed by atoms with E-state index in [1.54, 1.807) is 25.2 Å². The molecule has 1 unspecified atom stereocenters. The standard InChI is InChI=1S/C17H18F3N/c1-17(2,11-7-9-12(18)10-8-11)16(21-3)13-5-4-6-14(19)15(13)20/h4-10,16,21H,1-3H3. The first kappa shape index (κ1) is 15.6. The Hall–Kier alpha value is -1.81. The van der Waals surface area contributed by atoms with Gasteiger partial charge in [-0.3, -0.25) is 0 Å². The molecule has 21 heavy (non-hydrogen) atoms. The maximum atomic E-state index is 14.1. The summed E-state index contributed by atoms with van der Waals surface area (Å²) in [6.45, 7) is 3.82. The predicted octanol–water partition coefficient (Wildman–Crippen LogP) is 4.34. The van der Waals surface area contributed by atoms with Crippen LogP contribution in [0.5, 0.6) is 0 Å². The summed E-state index contributed by atoms with van der Waals surface area (Å²) in [5.74, 6) is -2.05. The van der Waals surface area contributed by atoms with Crippen molar-refractivity contribution < 1.29 is 13.2 Å². The van der Waals surface area contributed by atoms with Gasteiger partial charge in [0.2, 0.25) is 0 Å². The molecule has 0 amide bonds. The summed E-state index contributed by atoms with van der Waals surface area (Å²) < 4.78 is 40.6. The van der Waals surface area contributed by atoms with Gasteiger partial charge in [-0.05, 0) is 30.8 Å². The van der Waals surface area contributed by atoms with Gasteiger partial charge in [0.25, 0.3) is 0 Å². The molecule has 0 aromatic heterocycles. The molecule has 0 fully saturated rings. The molecule has 0 saturated heterocycles. The highest BCUT2D eigenvalue weighted by Gasteiger charge is 2.33. The minimum absolute atomic E-state index is 0.256. The smallest absolute Gasteiger partial charge is 0.163 e. The second-order valence-electron chi connectivity index (χ2n) is 5.59. The van der Waals surface area contributed by atoms with Crippen molar-refractivity contribution >= 4 is 0 Å². The second-order valence-corrected chi connectivity index (χ2v) is 5.59. The zero-order chi connectivity index (χ0) is 15.6. The Morgan fingerprint density at radius 2 is 1.57 bits per heavy atom. The third-order valence-electron chi connectivity index (χ3n) is 3.89. The van der Waals surface area contributed by atoms with Gasteiger partial charge < -0.3 is 5.32 Å². The van der Waals surface area contributed by atoms with Gasteiger partial charge in [0.05, 0.1) is 0 Å². The molecule has 112 valence electrons. The molecule has 0 spiro atoms. The van der Waals surface area contributed by atoms with Crippen molar-refractivity contribution in [1.82, 2.24) is 5.32 Å². The molecule has 2 rings (SSSR count). The normalized spacial score (nSPS) is 13.2. The Bertz CT molecular complexity index is 620. The highest BCUT2D eigenvalue weighted by atomic mass is 19.2. The minimum atomic E-state index is -0.873. The van der Waals surface area contributed by atoms with Crippen LogP contribution in [0.3, 0.4) is 0 Å². The van der Waals surface area contributed by atoms with Crippen LogP contribution in [0.15, 0.2) is 42.5 Å². The number of likely N-dealkylation sites (N-methyl/N-ethyl adjacent to an activating group) is 1. The number of benzene rings is 2. The van der Waals surface area contributed by atoms with E-state index in [9.17, 15) is 13.2 Å². The molecule has 0 aliphatic carbocycles. The fourth-order valence-electron chi connectivity index (χ4n) is 2.69. The zero-order valence-corrected chi connectivity index (χ0v) is 12.3. The van der Waals surface area contributed by atoms with Gasteiger partial charge in [-0.25, -0.2) is 13.2 Å². The van der Waals surface area contributed by atoms with E-state index in [-0.39, 0.29) is 11.4 Å². The van der Waals surface area contributed by atoms with Crippen molar-refractivity contribution in [2.24, 2.45) is 0 Å². The quantitative estimate of drug-likeness (QED) is 0.884. The Morgan fingerprint density at radius 3 is 2.14 bits per heavy atom. The van der Waals surface area contributed by atoms with Crippen LogP contribution >= 0.6 is 0 Å². The number of halogens is 3. The van der Waals surface area contributed by atoms with Crippen LogP contribution in [0, 0.1) is 17.5 Å². The molecule has 0 heterocycles. The molecule has 0 radical (unpaired) electrons. The number of rotatable bonds is 4. The van der Waals surface area contributed by atoms with E-state index in [1.807, 2.05) is 13.8 Å². The lowest BCUT2D eigenvalue weighted by molar-refractivity contribution is 0.351. The molecule has 4 heteroatoms. The number of nitrogens with one attached hydrogen (secondary N) is 1. The van der Waals surface area contributed by atoms with Crippen molar-refractivity contribution in [1.29, 1.82) is 0 Å². The molecule has 0 bridgehead atoms. The van der Waals surface area contributed by atoms with Crippen molar-refractivity contribution in [2.45, 2.75) is 25.3 Å². The molecule has 0 saturated carbocycles. The fraction of sp³-hybridized carbons (Fsp3) is 0.294. The van der Waals surface area contributed by atoms with Crippen LogP contribution in [-0.4, -0.2) is 7.05 Å². The molecule has 1 nitrogen and oxygen atoms in total. The first-order valence-corrected chi connectivity index (χ1v) is 6.75. The third kappa shape index (κ3) is 2.95. The van der Waals surface area contributed by atoms with Crippen LogP contribution in [-0.2, 0) is 5.41 Å². The maximum Gasteiger partial charge on any atom is 0.163 e. The summed E-state index contributed by atoms with van der Waals surface area (Å²) in [6, 6.07) is 9.75. The molecule has 1 N–H and O–H groups in total. The molecule has 2 aromatic carbocycles. The second kappa shape index (κ2) is 5.90. The fourth-order valence-corrected chi connectivity index (χ4v) is 2.69. The zero-order valence-electron chi connectivity index (χ0n) is 12.3. The van der Waals surface area contributed by atoms with Crippen LogP contribution in [0.1, 0.15) is 31.0 Å². The number of hydrogen-bond donors (Lipinski definition) is 1. The average molecular weight is 293 g/mol. The van der Waals surface area contributed by atoms with E-state index in [2.05, 4.69) is 5.32 Å². The van der Waals surface area contributed by atoms with Gasteiger partial charge in [-0.15, -0.1) is 0 Å². The van der Waals surface area contributed by atoms with Crippen LogP contribution in [0.2, 0.25) is 0 Å². The molecule has 0 aliphatic heterocycles. The van der Waals surface area contributed by atoms with Crippen LogP contribution < -0.4 is 5.32 Å². The van der Waals surface area contributed by atoms with E-state index in [0.29, 0.717) is 0 Å². The van der Waals surface area contributed by atoms with E-state index in [0.717, 1.165) is 11.6 Å². The lowest BCUT2D eigenvalue weighted by atomic mass is 9.75. The van der Waals surface area contributed by atoms with Gasteiger partial charge in [-0.1, -0.05) is 38.1 Å². The Kier molecular flexibility index (Phi) is 4.37. The highest BCUT2D eigenvalue weighted by molar-refractivity contribution is 5.33. The Balaban J connectivity index is 2.48. The van der Waals surface area contributed by atoms with Gasteiger partial charge in [0.1, 0.15) is 5.82 Å². The monoisotopic (exact) mass is 293 g/mol. The largest absolute Gasteiger partial charge is 0.312 e. The number of hydrogen-bond acceptors (Lipinski definition) is 1. The summed E-state index contributed by atoms with van der Waals surface area (Å²) >= 11 is 0. The Labute approximate surface area is 122 Å². The van der Waals surface area contributed by atoms with E-state index in [4.69, 9.17) is 0 Å². The van der Waals surface area contributed by atoms with Crippen molar-refractivity contribution in [3.63, 3.8) is 0 Å². The molecule has 0 aliphatic rings. The average Bonchev–Trinajstić information content (AvgIpc) is 2.44. The van der Waals surface area contributed by atoms with Crippen molar-refractivity contribution in [3.8, 4) is 0 Å². The topological polar surface area (TPSA) is 12.0 Å². The highest BCUT2D eigenvalue weighted by Crippen LogP contribution is 2.38. The van der Waals surface area contributed by atoms with E-state index >= 15 is 0 Å². The maximum absolute atomic E-state index is 14.1. The lowest BCUT2D eigenvalue weighted by Gasteiger charge is -2.35. The van der Waals surface area contributed by atoms with Gasteiger partial charge >= 0.3 is 0 Å². The van der Waals surface area contributed by atoms with Gasteiger partial charge in [0, 0.05) is 17.0 Å². The minimum Gasteiger partial charge on any atom is -0.312 e. The summed E-state index contributed by atoms with van der Waals surface area (Å²) in [5.41, 5.74) is 0.551. The summed E-state index contributed by atoms with van der Waals surface area (Å²) in [6.07, 6.45) is 0. The van der Waals surface area contributed by atoms with Crippen molar-refractivity contribution in [2.75, 3.05) is 7.05 Å². The first-order chi connectivity index (χ1) is 9.87. The first-order valence-electron chi connectivity index (χ1n) is 6.75. The summed E-state index contributed by atoms with van der Waals surface area (Å²) in [5, 5.41) is 3.04. The molecular weight excluding hydrogens is 275 g/mol. The van der Waals surface area contributed by atoms with Gasteiger partial charge in [-0.2, -0.15) is 0 Å². The van der Waals surface area contributed by atoms with Crippen LogP contribution in [0.4, 0.5) is 13.2 Å². The van der Waals surface area contributed by atoms with E-state index < -0.39 is 23.1 Å². The summed E-state index contributed by atoms with van der Waals surface area (Å²) in [4.78, 5) is 0. The predicted molar refractivity (Wildman–Crippen MR) is 77.6 cm³/mol. The van der Waals surface area contributed by atoms with Gasteiger partial charge in [0.15, 0.2) is 11.6 Å². The molecule has 1 atom stereocenters. The van der Waals surface area contributed by atoms with Crippen molar-refractivity contribution in [3.05, 3.63) is 71.0 Å². The molecular formula is C17H18F3N. The Morgan fingerprint density at radius 1 is 0.952 bits per heavy atom. The molecule has 2 aromatic rings. The lowest BCUT2D eigenvalue weighted by Crippen LogP contribution is -2.36. The van der Waals surface area contributed by atoms with E-state index in [1.165, 1.54) is 18.2 Å². The third-order valence-corrected chi connectivity index (χ3v) is 3.89. The summed E-state index contributed by atoms with van der Waals surface area (Å²) in [7, 11) is 1.69.